The van der Waals surface area contributed by atoms with E-state index < -0.39 is 5.92 Å². The first-order valence-electron chi connectivity index (χ1n) is 3.35. The maximum absolute atomic E-state index is 7.83. The predicted octanol–water partition coefficient (Wildman–Crippen LogP) is 0.593. The number of aryl methyl sites for hydroxylation is 1. The molecule has 0 aliphatic carbocycles. The van der Waals surface area contributed by atoms with E-state index in [4.69, 9.17) is 15.8 Å². The molecule has 1 rings (SSSR count). The van der Waals surface area contributed by atoms with E-state index >= 15 is 0 Å². The third-order valence-electron chi connectivity index (χ3n) is 1.02. The summed E-state index contributed by atoms with van der Waals surface area (Å²) in [7, 11) is 1.94. The summed E-state index contributed by atoms with van der Waals surface area (Å²) in [5.41, 5.74) is 0. The summed E-state index contributed by atoms with van der Waals surface area (Å²) >= 11 is 0. The molecule has 5 heteroatoms. The van der Waals surface area contributed by atoms with Crippen LogP contribution in [0.1, 0.15) is 0 Å². The van der Waals surface area contributed by atoms with Crippen molar-refractivity contribution in [3.05, 3.63) is 18.7 Å². The van der Waals surface area contributed by atoms with Gasteiger partial charge in [-0.3, -0.25) is 0 Å². The zero-order chi connectivity index (χ0) is 10.1. The van der Waals surface area contributed by atoms with Gasteiger partial charge in [0.2, 0.25) is 5.92 Å². The minimum atomic E-state index is -1.10. The minimum absolute atomic E-state index is 1.10. The van der Waals surface area contributed by atoms with E-state index in [0.717, 1.165) is 0 Å². The van der Waals surface area contributed by atoms with Gasteiger partial charge >= 0.3 is 0 Å². The van der Waals surface area contributed by atoms with E-state index in [2.05, 4.69) is 4.98 Å². The van der Waals surface area contributed by atoms with E-state index in [-0.39, 0.29) is 0 Å². The molecule has 0 unspecified atom stereocenters. The molecule has 0 saturated heterocycles. The van der Waals surface area contributed by atoms with Gasteiger partial charge in [0.05, 0.1) is 24.5 Å². The smallest absolute Gasteiger partial charge is 0.218 e. The van der Waals surface area contributed by atoms with Crippen molar-refractivity contribution < 1.29 is 0 Å². The fourth-order valence-electron chi connectivity index (χ4n) is 0.412. The summed E-state index contributed by atoms with van der Waals surface area (Å²) in [5, 5.41) is 23.5. The third-order valence-corrected chi connectivity index (χ3v) is 1.02. The van der Waals surface area contributed by atoms with E-state index in [1.165, 1.54) is 18.2 Å². The maximum atomic E-state index is 7.83. The summed E-state index contributed by atoms with van der Waals surface area (Å²) in [4.78, 5) is 3.78. The molecule has 0 fully saturated rings. The molecule has 0 atom stereocenters. The molecule has 1 aromatic rings. The van der Waals surface area contributed by atoms with Gasteiger partial charge in [0.15, 0.2) is 0 Å². The summed E-state index contributed by atoms with van der Waals surface area (Å²) < 4.78 is 1.89. The molecule has 0 saturated carbocycles. The van der Waals surface area contributed by atoms with Crippen molar-refractivity contribution in [3.8, 4) is 18.2 Å². The summed E-state index contributed by atoms with van der Waals surface area (Å²) in [6.07, 6.45) is 5.39. The zero-order valence-electron chi connectivity index (χ0n) is 7.05. The largest absolute Gasteiger partial charge is 0.341 e. The highest BCUT2D eigenvalue weighted by atomic mass is 15.0. The molecule has 5 nitrogen and oxygen atoms in total. The van der Waals surface area contributed by atoms with Gasteiger partial charge in [-0.25, -0.2) is 4.98 Å². The molecule has 64 valence electrons. The van der Waals surface area contributed by atoms with Crippen LogP contribution >= 0.6 is 0 Å². The van der Waals surface area contributed by atoms with E-state index in [1.807, 2.05) is 17.8 Å². The van der Waals surface area contributed by atoms with Gasteiger partial charge in [0.25, 0.3) is 0 Å². The summed E-state index contributed by atoms with van der Waals surface area (Å²) in [6.45, 7) is 0. The van der Waals surface area contributed by atoms with Crippen molar-refractivity contribution in [2.45, 2.75) is 0 Å². The van der Waals surface area contributed by atoms with Crippen molar-refractivity contribution in [2.75, 3.05) is 0 Å². The van der Waals surface area contributed by atoms with E-state index in [9.17, 15) is 0 Å². The first kappa shape index (κ1) is 10.7. The van der Waals surface area contributed by atoms with Crippen molar-refractivity contribution in [1.82, 2.24) is 9.55 Å². The Labute approximate surface area is 76.1 Å². The normalized spacial score (nSPS) is 7.31. The van der Waals surface area contributed by atoms with Gasteiger partial charge in [-0.2, -0.15) is 15.8 Å². The average Bonchev–Trinajstić information content (AvgIpc) is 2.60. The Morgan fingerprint density at radius 2 is 1.77 bits per heavy atom. The topological polar surface area (TPSA) is 89.2 Å². The first-order valence-corrected chi connectivity index (χ1v) is 3.35. The summed E-state index contributed by atoms with van der Waals surface area (Å²) in [6, 6.07) is 4.44. The van der Waals surface area contributed by atoms with Crippen molar-refractivity contribution in [3.63, 3.8) is 0 Å². The minimum Gasteiger partial charge on any atom is -0.341 e. The quantitative estimate of drug-likeness (QED) is 0.574. The van der Waals surface area contributed by atoms with Crippen LogP contribution in [-0.2, 0) is 7.05 Å². The van der Waals surface area contributed by atoms with Crippen LogP contribution in [0, 0.1) is 39.9 Å². The first-order chi connectivity index (χ1) is 6.24. The molecule has 0 aliphatic heterocycles. The molecule has 13 heavy (non-hydrogen) atoms. The lowest BCUT2D eigenvalue weighted by atomic mass is 10.2. The van der Waals surface area contributed by atoms with Crippen LogP contribution in [0.2, 0.25) is 0 Å². The molecular formula is C8H7N5. The second-order valence-corrected chi connectivity index (χ2v) is 2.05. The Morgan fingerprint density at radius 1 is 1.23 bits per heavy atom. The van der Waals surface area contributed by atoms with E-state index in [0.29, 0.717) is 0 Å². The molecule has 0 N–H and O–H groups in total. The highest BCUT2D eigenvalue weighted by molar-refractivity contribution is 5.11. The number of rotatable bonds is 0. The number of aromatic nitrogens is 2. The van der Waals surface area contributed by atoms with Crippen LogP contribution in [0.3, 0.4) is 0 Å². The van der Waals surface area contributed by atoms with Gasteiger partial charge in [0, 0.05) is 19.4 Å². The molecule has 0 aliphatic rings. The molecule has 0 aromatic carbocycles. The van der Waals surface area contributed by atoms with Crippen molar-refractivity contribution in [2.24, 2.45) is 13.0 Å². The number of nitriles is 3. The van der Waals surface area contributed by atoms with Crippen LogP contribution in [0.25, 0.3) is 0 Å². The lowest BCUT2D eigenvalue weighted by Gasteiger charge is -1.76. The number of imidazole rings is 1. The highest BCUT2D eigenvalue weighted by Gasteiger charge is 1.97. The lowest BCUT2D eigenvalue weighted by molar-refractivity contribution is 0.913. The Bertz CT molecular complexity index is 312. The fraction of sp³-hybridized carbons (Fsp3) is 0.250. The van der Waals surface area contributed by atoms with Crippen LogP contribution in [0.5, 0.6) is 0 Å². The second kappa shape index (κ2) is 6.39. The van der Waals surface area contributed by atoms with Crippen molar-refractivity contribution in [1.29, 1.82) is 15.8 Å². The van der Waals surface area contributed by atoms with Gasteiger partial charge < -0.3 is 4.57 Å². The summed E-state index contributed by atoms with van der Waals surface area (Å²) in [5.74, 6) is -1.10. The van der Waals surface area contributed by atoms with Gasteiger partial charge in [-0.15, -0.1) is 0 Å². The Kier molecular flexibility index (Phi) is 5.25. The molecule has 0 spiro atoms. The molecule has 1 aromatic heterocycles. The molecule has 0 radical (unpaired) electrons. The Hall–Kier alpha value is -2.32. The van der Waals surface area contributed by atoms with E-state index in [1.54, 1.807) is 12.5 Å². The Morgan fingerprint density at radius 3 is 1.85 bits per heavy atom. The molecule has 1 heterocycles. The van der Waals surface area contributed by atoms with Crippen LogP contribution < -0.4 is 0 Å². The van der Waals surface area contributed by atoms with Crippen LogP contribution in [0.4, 0.5) is 0 Å². The fourth-order valence-corrected chi connectivity index (χ4v) is 0.412. The number of hydrogen-bond acceptors (Lipinski definition) is 4. The van der Waals surface area contributed by atoms with Crippen molar-refractivity contribution >= 4 is 0 Å². The second-order valence-electron chi connectivity index (χ2n) is 2.05. The van der Waals surface area contributed by atoms with Gasteiger partial charge in [-0.1, -0.05) is 0 Å². The zero-order valence-corrected chi connectivity index (χ0v) is 7.05. The predicted molar refractivity (Wildman–Crippen MR) is 43.5 cm³/mol. The number of nitrogens with zero attached hydrogens (tertiary/aromatic N) is 5. The monoisotopic (exact) mass is 173 g/mol. The molecular weight excluding hydrogens is 166 g/mol. The highest BCUT2D eigenvalue weighted by Crippen LogP contribution is 1.83. The third kappa shape index (κ3) is 5.01. The lowest BCUT2D eigenvalue weighted by Crippen LogP contribution is -1.82. The van der Waals surface area contributed by atoms with Crippen LogP contribution in [0.15, 0.2) is 18.7 Å². The SMILES string of the molecule is Cn1ccnc1.N#CC(C#N)C#N. The average molecular weight is 173 g/mol. The molecule has 0 bridgehead atoms. The number of hydrogen-bond donors (Lipinski definition) is 0. The standard InChI is InChI=1S/C4HN3.C4H6N2/c5-1-4(2-6)3-7;1-6-3-2-5-4-6/h4H;2-4H,1H3. The van der Waals surface area contributed by atoms with Gasteiger partial charge in [-0.05, 0) is 0 Å². The maximum Gasteiger partial charge on any atom is 0.218 e. The van der Waals surface area contributed by atoms with Crippen LogP contribution in [-0.4, -0.2) is 9.55 Å². The van der Waals surface area contributed by atoms with Gasteiger partial charge in [0.1, 0.15) is 0 Å². The molecule has 0 amide bonds. The Balaban J connectivity index is 0.000000223.